The van der Waals surface area contributed by atoms with Crippen molar-refractivity contribution in [2.45, 2.75) is 44.2 Å². The molecular formula is C22H27ClN2. The summed E-state index contributed by atoms with van der Waals surface area (Å²) in [4.78, 5) is 0. The number of rotatable bonds is 8. The van der Waals surface area contributed by atoms with Crippen LogP contribution in [-0.4, -0.2) is 19.1 Å². The molecule has 2 aliphatic rings. The highest BCUT2D eigenvalue weighted by Gasteiger charge is 2.42. The van der Waals surface area contributed by atoms with Gasteiger partial charge < -0.3 is 10.6 Å². The molecule has 2 aromatic carbocycles. The van der Waals surface area contributed by atoms with Gasteiger partial charge in [0.2, 0.25) is 0 Å². The largest absolute Gasteiger partial charge is 0.313 e. The van der Waals surface area contributed by atoms with E-state index in [0.717, 1.165) is 30.6 Å². The minimum absolute atomic E-state index is 0.436. The molecule has 0 aliphatic heterocycles. The van der Waals surface area contributed by atoms with Gasteiger partial charge in [0.15, 0.2) is 0 Å². The van der Waals surface area contributed by atoms with E-state index in [1.165, 1.54) is 36.8 Å². The van der Waals surface area contributed by atoms with Gasteiger partial charge in [-0.25, -0.2) is 0 Å². The van der Waals surface area contributed by atoms with Crippen LogP contribution >= 0.6 is 11.6 Å². The smallest absolute Gasteiger partial charge is 0.0450 e. The Morgan fingerprint density at radius 1 is 0.960 bits per heavy atom. The number of benzene rings is 2. The molecule has 132 valence electrons. The maximum absolute atomic E-state index is 6.26. The van der Waals surface area contributed by atoms with Crippen LogP contribution in [0.15, 0.2) is 54.6 Å². The fourth-order valence-corrected chi connectivity index (χ4v) is 4.24. The summed E-state index contributed by atoms with van der Waals surface area (Å²) in [6.45, 7) is 3.07. The third kappa shape index (κ3) is 4.08. The standard InChI is InChI=1S/C22H27ClN2/c23-20-10-5-4-9-18(20)14-24-15-22(11-6-12-22)16-25-21-13-19(21)17-7-2-1-3-8-17/h1-5,7-10,19,21,24-25H,6,11-16H2/t19-,21+/m1/s1. The average Bonchev–Trinajstić information content (AvgIpc) is 3.38. The summed E-state index contributed by atoms with van der Waals surface area (Å²) in [6, 6.07) is 19.7. The first kappa shape index (κ1) is 17.1. The highest BCUT2D eigenvalue weighted by molar-refractivity contribution is 6.31. The minimum atomic E-state index is 0.436. The van der Waals surface area contributed by atoms with Crippen LogP contribution in [0.4, 0.5) is 0 Å². The molecule has 3 heteroatoms. The Balaban J connectivity index is 1.24. The van der Waals surface area contributed by atoms with Gasteiger partial charge in [0.25, 0.3) is 0 Å². The molecule has 2 fully saturated rings. The summed E-state index contributed by atoms with van der Waals surface area (Å²) < 4.78 is 0. The molecule has 2 aromatic rings. The van der Waals surface area contributed by atoms with Crippen molar-refractivity contribution in [3.63, 3.8) is 0 Å². The summed E-state index contributed by atoms with van der Waals surface area (Å²) in [7, 11) is 0. The van der Waals surface area contributed by atoms with Crippen molar-refractivity contribution in [1.82, 2.24) is 10.6 Å². The summed E-state index contributed by atoms with van der Waals surface area (Å²) in [5.41, 5.74) is 3.11. The van der Waals surface area contributed by atoms with Crippen LogP contribution < -0.4 is 10.6 Å². The number of nitrogens with one attached hydrogen (secondary N) is 2. The number of hydrogen-bond acceptors (Lipinski definition) is 2. The molecule has 0 aromatic heterocycles. The monoisotopic (exact) mass is 354 g/mol. The molecule has 0 spiro atoms. The molecule has 0 saturated heterocycles. The summed E-state index contributed by atoms with van der Waals surface area (Å²) >= 11 is 6.26. The van der Waals surface area contributed by atoms with Crippen LogP contribution in [0.25, 0.3) is 0 Å². The van der Waals surface area contributed by atoms with Crippen molar-refractivity contribution in [3.05, 3.63) is 70.7 Å². The van der Waals surface area contributed by atoms with Gasteiger partial charge in [-0.15, -0.1) is 0 Å². The molecule has 25 heavy (non-hydrogen) atoms. The van der Waals surface area contributed by atoms with E-state index in [1.54, 1.807) is 0 Å². The lowest BCUT2D eigenvalue weighted by Crippen LogP contribution is -2.47. The van der Waals surface area contributed by atoms with Crippen molar-refractivity contribution >= 4 is 11.6 Å². The third-order valence-electron chi connectivity index (χ3n) is 5.94. The zero-order valence-electron chi connectivity index (χ0n) is 14.7. The van der Waals surface area contributed by atoms with Crippen LogP contribution in [0.5, 0.6) is 0 Å². The van der Waals surface area contributed by atoms with E-state index in [9.17, 15) is 0 Å². The Bertz CT molecular complexity index is 696. The second-order valence-corrected chi connectivity index (χ2v) is 8.20. The second-order valence-electron chi connectivity index (χ2n) is 7.79. The summed E-state index contributed by atoms with van der Waals surface area (Å²) in [5, 5.41) is 8.35. The van der Waals surface area contributed by atoms with E-state index in [2.05, 4.69) is 53.1 Å². The van der Waals surface area contributed by atoms with Gasteiger partial charge in [-0.1, -0.05) is 66.6 Å². The molecule has 2 nitrogen and oxygen atoms in total. The van der Waals surface area contributed by atoms with Crippen molar-refractivity contribution in [3.8, 4) is 0 Å². The molecule has 2 atom stereocenters. The zero-order chi connectivity index (χ0) is 17.1. The molecule has 2 N–H and O–H groups in total. The quantitative estimate of drug-likeness (QED) is 0.715. The fraction of sp³-hybridized carbons (Fsp3) is 0.455. The molecule has 0 amide bonds. The zero-order valence-corrected chi connectivity index (χ0v) is 15.4. The maximum Gasteiger partial charge on any atom is 0.0450 e. The normalized spacial score (nSPS) is 23.9. The van der Waals surface area contributed by atoms with Gasteiger partial charge in [-0.2, -0.15) is 0 Å². The van der Waals surface area contributed by atoms with Crippen molar-refractivity contribution in [2.24, 2.45) is 5.41 Å². The lowest BCUT2D eigenvalue weighted by atomic mass is 9.68. The Hall–Kier alpha value is -1.35. The average molecular weight is 355 g/mol. The predicted octanol–water partition coefficient (Wildman–Crippen LogP) is 4.75. The Labute approximate surface area is 156 Å². The van der Waals surface area contributed by atoms with Crippen LogP contribution in [0.2, 0.25) is 5.02 Å². The third-order valence-corrected chi connectivity index (χ3v) is 6.31. The van der Waals surface area contributed by atoms with E-state index in [0.29, 0.717) is 11.5 Å². The van der Waals surface area contributed by atoms with E-state index >= 15 is 0 Å². The molecule has 2 saturated carbocycles. The van der Waals surface area contributed by atoms with Gasteiger partial charge in [-0.3, -0.25) is 0 Å². The Kier molecular flexibility index (Phi) is 5.12. The van der Waals surface area contributed by atoms with Crippen LogP contribution in [0, 0.1) is 5.41 Å². The van der Waals surface area contributed by atoms with Crippen LogP contribution in [0.1, 0.15) is 42.7 Å². The Morgan fingerprint density at radius 3 is 2.44 bits per heavy atom. The molecule has 0 radical (unpaired) electrons. The molecule has 0 unspecified atom stereocenters. The van der Waals surface area contributed by atoms with E-state index < -0.39 is 0 Å². The van der Waals surface area contributed by atoms with Gasteiger partial charge in [0.1, 0.15) is 0 Å². The van der Waals surface area contributed by atoms with Gasteiger partial charge >= 0.3 is 0 Å². The SMILES string of the molecule is Clc1ccccc1CNCC1(CN[C@H]2C[C@@H]2c2ccccc2)CCC1. The minimum Gasteiger partial charge on any atom is -0.313 e. The van der Waals surface area contributed by atoms with Crippen LogP contribution in [-0.2, 0) is 6.54 Å². The first-order valence-electron chi connectivity index (χ1n) is 9.48. The predicted molar refractivity (Wildman–Crippen MR) is 105 cm³/mol. The molecule has 0 heterocycles. The van der Waals surface area contributed by atoms with Crippen molar-refractivity contribution in [2.75, 3.05) is 13.1 Å². The number of hydrogen-bond donors (Lipinski definition) is 2. The highest BCUT2D eigenvalue weighted by Crippen LogP contribution is 2.44. The molecular weight excluding hydrogens is 328 g/mol. The summed E-state index contributed by atoms with van der Waals surface area (Å²) in [5.74, 6) is 0.717. The second kappa shape index (κ2) is 7.49. The summed E-state index contributed by atoms with van der Waals surface area (Å²) in [6.07, 6.45) is 5.31. The van der Waals surface area contributed by atoms with Gasteiger partial charge in [-0.05, 0) is 41.9 Å². The van der Waals surface area contributed by atoms with Crippen LogP contribution in [0.3, 0.4) is 0 Å². The van der Waals surface area contributed by atoms with Crippen molar-refractivity contribution < 1.29 is 0 Å². The number of halogens is 1. The maximum atomic E-state index is 6.26. The van der Waals surface area contributed by atoms with Gasteiger partial charge in [0, 0.05) is 36.6 Å². The first-order chi connectivity index (χ1) is 12.3. The Morgan fingerprint density at radius 2 is 1.72 bits per heavy atom. The first-order valence-corrected chi connectivity index (χ1v) is 9.86. The van der Waals surface area contributed by atoms with Crippen molar-refractivity contribution in [1.29, 1.82) is 0 Å². The molecule has 2 aliphatic carbocycles. The molecule has 0 bridgehead atoms. The van der Waals surface area contributed by atoms with Gasteiger partial charge in [0.05, 0.1) is 0 Å². The molecule has 4 rings (SSSR count). The van der Waals surface area contributed by atoms with E-state index in [-0.39, 0.29) is 0 Å². The highest BCUT2D eigenvalue weighted by atomic mass is 35.5. The van der Waals surface area contributed by atoms with E-state index in [1.807, 2.05) is 12.1 Å². The topological polar surface area (TPSA) is 24.1 Å². The van der Waals surface area contributed by atoms with E-state index in [4.69, 9.17) is 11.6 Å². The lowest BCUT2D eigenvalue weighted by Gasteiger charge is -2.42. The lowest BCUT2D eigenvalue weighted by molar-refractivity contribution is 0.126. The fourth-order valence-electron chi connectivity index (χ4n) is 4.03.